The molecule has 0 atom stereocenters. The van der Waals surface area contributed by atoms with Gasteiger partial charge in [0.15, 0.2) is 0 Å². The van der Waals surface area contributed by atoms with Crippen molar-refractivity contribution in [3.8, 4) is 5.75 Å². The Kier molecular flexibility index (Phi) is 2.55. The van der Waals surface area contributed by atoms with Crippen molar-refractivity contribution in [2.75, 3.05) is 12.5 Å². The molecule has 0 radical (unpaired) electrons. The van der Waals surface area contributed by atoms with Gasteiger partial charge < -0.3 is 10.2 Å². The maximum absolute atomic E-state index is 5.32. The minimum Gasteiger partial charge on any atom is -0.495 e. The van der Waals surface area contributed by atoms with Crippen molar-refractivity contribution in [3.63, 3.8) is 0 Å². The SMILES string of the molecule is COc1cc(C)c(C)cc1NN. The number of hydrazine groups is 1. The van der Waals surface area contributed by atoms with Crippen LogP contribution in [0.25, 0.3) is 0 Å². The molecular formula is C9H14N2O. The van der Waals surface area contributed by atoms with Crippen molar-refractivity contribution in [1.82, 2.24) is 0 Å². The van der Waals surface area contributed by atoms with Crippen LogP contribution in [0, 0.1) is 13.8 Å². The van der Waals surface area contributed by atoms with Crippen LogP contribution in [-0.2, 0) is 0 Å². The first-order valence-electron chi connectivity index (χ1n) is 3.81. The Hall–Kier alpha value is -1.22. The van der Waals surface area contributed by atoms with Crippen molar-refractivity contribution in [2.45, 2.75) is 13.8 Å². The molecule has 0 spiro atoms. The lowest BCUT2D eigenvalue weighted by molar-refractivity contribution is 0.416. The zero-order chi connectivity index (χ0) is 9.14. The van der Waals surface area contributed by atoms with Gasteiger partial charge in [0.05, 0.1) is 12.8 Å². The van der Waals surface area contributed by atoms with E-state index in [2.05, 4.69) is 5.43 Å². The highest BCUT2D eigenvalue weighted by Crippen LogP contribution is 2.26. The van der Waals surface area contributed by atoms with E-state index in [0.29, 0.717) is 0 Å². The summed E-state index contributed by atoms with van der Waals surface area (Å²) in [5.74, 6) is 6.09. The summed E-state index contributed by atoms with van der Waals surface area (Å²) < 4.78 is 5.13. The largest absolute Gasteiger partial charge is 0.495 e. The fourth-order valence-corrected chi connectivity index (χ4v) is 1.07. The summed E-state index contributed by atoms with van der Waals surface area (Å²) in [5.41, 5.74) is 5.81. The number of hydrogen-bond acceptors (Lipinski definition) is 3. The maximum atomic E-state index is 5.32. The Balaban J connectivity index is 3.19. The highest BCUT2D eigenvalue weighted by molar-refractivity contribution is 5.59. The molecule has 0 unspecified atom stereocenters. The second kappa shape index (κ2) is 3.45. The highest BCUT2D eigenvalue weighted by Gasteiger charge is 2.03. The molecule has 1 aromatic carbocycles. The Morgan fingerprint density at radius 1 is 1.25 bits per heavy atom. The molecule has 0 aliphatic carbocycles. The molecule has 66 valence electrons. The Bertz CT molecular complexity index is 255. The van der Waals surface area contributed by atoms with Crippen LogP contribution in [0.3, 0.4) is 0 Å². The summed E-state index contributed by atoms with van der Waals surface area (Å²) in [4.78, 5) is 0. The van der Waals surface area contributed by atoms with Crippen molar-refractivity contribution >= 4 is 5.69 Å². The summed E-state index contributed by atoms with van der Waals surface area (Å²) >= 11 is 0. The van der Waals surface area contributed by atoms with Crippen molar-refractivity contribution in [2.24, 2.45) is 5.84 Å². The second-order valence-electron chi connectivity index (χ2n) is 2.78. The van der Waals surface area contributed by atoms with Gasteiger partial charge in [0, 0.05) is 0 Å². The average molecular weight is 166 g/mol. The number of rotatable bonds is 2. The van der Waals surface area contributed by atoms with Gasteiger partial charge in [-0.05, 0) is 37.1 Å². The van der Waals surface area contributed by atoms with Gasteiger partial charge >= 0.3 is 0 Å². The quantitative estimate of drug-likeness (QED) is 0.518. The van der Waals surface area contributed by atoms with Crippen molar-refractivity contribution < 1.29 is 4.74 Å². The molecule has 0 aliphatic heterocycles. The predicted molar refractivity (Wildman–Crippen MR) is 50.3 cm³/mol. The maximum Gasteiger partial charge on any atom is 0.143 e. The summed E-state index contributed by atoms with van der Waals surface area (Å²) in [6.45, 7) is 4.08. The number of ether oxygens (including phenoxy) is 1. The van der Waals surface area contributed by atoms with E-state index in [1.165, 1.54) is 11.1 Å². The van der Waals surface area contributed by atoms with E-state index >= 15 is 0 Å². The van der Waals surface area contributed by atoms with Gasteiger partial charge in [0.2, 0.25) is 0 Å². The summed E-state index contributed by atoms with van der Waals surface area (Å²) in [5, 5.41) is 0. The molecule has 3 heteroatoms. The third kappa shape index (κ3) is 1.51. The number of anilines is 1. The molecule has 0 aliphatic rings. The average Bonchev–Trinajstić information content (AvgIpc) is 2.09. The molecule has 0 fully saturated rings. The van der Waals surface area contributed by atoms with Crippen LogP contribution in [-0.4, -0.2) is 7.11 Å². The number of nitrogens with one attached hydrogen (secondary N) is 1. The van der Waals surface area contributed by atoms with E-state index in [9.17, 15) is 0 Å². The summed E-state index contributed by atoms with van der Waals surface area (Å²) in [7, 11) is 1.63. The van der Waals surface area contributed by atoms with E-state index in [1.807, 2.05) is 26.0 Å². The van der Waals surface area contributed by atoms with E-state index in [-0.39, 0.29) is 0 Å². The van der Waals surface area contributed by atoms with Gasteiger partial charge in [-0.2, -0.15) is 0 Å². The summed E-state index contributed by atoms with van der Waals surface area (Å²) in [6.07, 6.45) is 0. The van der Waals surface area contributed by atoms with Crippen LogP contribution in [0.5, 0.6) is 5.75 Å². The Labute approximate surface area is 72.5 Å². The van der Waals surface area contributed by atoms with Crippen LogP contribution < -0.4 is 16.0 Å². The molecule has 0 amide bonds. The Morgan fingerprint density at radius 2 is 1.83 bits per heavy atom. The molecule has 0 saturated carbocycles. The molecule has 3 N–H and O–H groups in total. The fourth-order valence-electron chi connectivity index (χ4n) is 1.07. The van der Waals surface area contributed by atoms with E-state index in [1.54, 1.807) is 7.11 Å². The molecule has 1 rings (SSSR count). The number of methoxy groups -OCH3 is 1. The number of aryl methyl sites for hydroxylation is 2. The van der Waals surface area contributed by atoms with Gasteiger partial charge in [-0.3, -0.25) is 5.84 Å². The molecule has 1 aromatic rings. The second-order valence-corrected chi connectivity index (χ2v) is 2.78. The van der Waals surface area contributed by atoms with Gasteiger partial charge in [-0.25, -0.2) is 0 Å². The lowest BCUT2D eigenvalue weighted by Crippen LogP contribution is -2.08. The molecule has 0 bridgehead atoms. The fraction of sp³-hybridized carbons (Fsp3) is 0.333. The molecule has 3 nitrogen and oxygen atoms in total. The molecule has 0 saturated heterocycles. The van der Waals surface area contributed by atoms with Crippen LogP contribution in [0.2, 0.25) is 0 Å². The first-order chi connectivity index (χ1) is 5.69. The molecule has 0 aromatic heterocycles. The van der Waals surface area contributed by atoms with Gasteiger partial charge in [0.25, 0.3) is 0 Å². The third-order valence-electron chi connectivity index (χ3n) is 1.97. The topological polar surface area (TPSA) is 47.3 Å². The monoisotopic (exact) mass is 166 g/mol. The predicted octanol–water partition coefficient (Wildman–Crippen LogP) is 1.60. The Morgan fingerprint density at radius 3 is 2.33 bits per heavy atom. The van der Waals surface area contributed by atoms with E-state index in [4.69, 9.17) is 10.6 Å². The zero-order valence-corrected chi connectivity index (χ0v) is 7.64. The minimum atomic E-state index is 0.778. The van der Waals surface area contributed by atoms with Crippen LogP contribution in [0.15, 0.2) is 12.1 Å². The smallest absolute Gasteiger partial charge is 0.143 e. The number of nitrogens with two attached hydrogens (primary N) is 1. The molecule has 12 heavy (non-hydrogen) atoms. The van der Waals surface area contributed by atoms with Gasteiger partial charge in [-0.1, -0.05) is 0 Å². The van der Waals surface area contributed by atoms with Gasteiger partial charge in [0.1, 0.15) is 5.75 Å². The van der Waals surface area contributed by atoms with E-state index in [0.717, 1.165) is 11.4 Å². The minimum absolute atomic E-state index is 0.778. The van der Waals surface area contributed by atoms with Crippen molar-refractivity contribution in [1.29, 1.82) is 0 Å². The number of hydrogen-bond donors (Lipinski definition) is 2. The number of benzene rings is 1. The number of nitrogen functional groups attached to an aromatic ring is 1. The normalized spacial score (nSPS) is 9.67. The molecule has 0 heterocycles. The van der Waals surface area contributed by atoms with Crippen molar-refractivity contribution in [3.05, 3.63) is 23.3 Å². The first-order valence-corrected chi connectivity index (χ1v) is 3.81. The van der Waals surface area contributed by atoms with Gasteiger partial charge in [-0.15, -0.1) is 0 Å². The summed E-state index contributed by atoms with van der Waals surface area (Å²) in [6, 6.07) is 3.93. The third-order valence-corrected chi connectivity index (χ3v) is 1.97. The molecular weight excluding hydrogens is 152 g/mol. The lowest BCUT2D eigenvalue weighted by Gasteiger charge is -2.10. The van der Waals surface area contributed by atoms with Crippen LogP contribution >= 0.6 is 0 Å². The zero-order valence-electron chi connectivity index (χ0n) is 7.64. The first kappa shape index (κ1) is 8.87. The van der Waals surface area contributed by atoms with Crippen LogP contribution in [0.1, 0.15) is 11.1 Å². The highest BCUT2D eigenvalue weighted by atomic mass is 16.5. The van der Waals surface area contributed by atoms with Crippen LogP contribution in [0.4, 0.5) is 5.69 Å². The van der Waals surface area contributed by atoms with E-state index < -0.39 is 0 Å². The lowest BCUT2D eigenvalue weighted by atomic mass is 10.1. The standard InChI is InChI=1S/C9H14N2O/c1-6-4-8(11-10)9(12-3)5-7(6)2/h4-5,11H,10H2,1-3H3.